The monoisotopic (exact) mass is 311 g/mol. The maximum Gasteiger partial charge on any atom is 0.261 e. The van der Waals surface area contributed by atoms with Gasteiger partial charge in [0.25, 0.3) is 10.0 Å². The second-order valence-electron chi connectivity index (χ2n) is 4.15. The summed E-state index contributed by atoms with van der Waals surface area (Å²) in [4.78, 5) is 3.82. The van der Waals surface area contributed by atoms with E-state index >= 15 is 0 Å². The topological polar surface area (TPSA) is 94.3 Å². The van der Waals surface area contributed by atoms with Crippen molar-refractivity contribution in [1.29, 1.82) is 0 Å². The predicted octanol–water partition coefficient (Wildman–Crippen LogP) is 1.49. The van der Waals surface area contributed by atoms with Crippen LogP contribution >= 0.6 is 0 Å². The Labute approximate surface area is 121 Å². The third-order valence-electron chi connectivity index (χ3n) is 2.75. The lowest BCUT2D eigenvalue weighted by Crippen LogP contribution is -2.14. The van der Waals surface area contributed by atoms with Crippen LogP contribution in [0.2, 0.25) is 0 Å². The average Bonchev–Trinajstić information content (AvgIpc) is 2.48. The molecule has 3 N–H and O–H groups in total. The van der Waals surface area contributed by atoms with E-state index in [1.54, 1.807) is 0 Å². The van der Waals surface area contributed by atoms with E-state index in [9.17, 15) is 12.8 Å². The number of nitrogens with two attached hydrogens (primary N) is 1. The zero-order chi connectivity index (χ0) is 15.5. The zero-order valence-electron chi connectivity index (χ0n) is 11.2. The third-order valence-corrected chi connectivity index (χ3v) is 4.12. The Balaban J connectivity index is 2.29. The van der Waals surface area contributed by atoms with Crippen LogP contribution in [0.25, 0.3) is 0 Å². The molecule has 0 atom stereocenters. The van der Waals surface area contributed by atoms with E-state index in [2.05, 4.69) is 9.71 Å². The number of aromatic nitrogens is 1. The van der Waals surface area contributed by atoms with E-state index in [-0.39, 0.29) is 22.7 Å². The maximum atomic E-state index is 13.3. The number of sulfonamides is 1. The Morgan fingerprint density at radius 3 is 2.67 bits per heavy atom. The Bertz CT molecular complexity index is 733. The molecule has 0 aliphatic rings. The molecule has 0 amide bonds. The van der Waals surface area contributed by atoms with E-state index in [0.717, 1.165) is 6.07 Å². The molecule has 0 spiro atoms. The van der Waals surface area contributed by atoms with Crippen LogP contribution in [0.15, 0.2) is 41.4 Å². The van der Waals surface area contributed by atoms with Gasteiger partial charge in [-0.15, -0.1) is 0 Å². The van der Waals surface area contributed by atoms with Crippen molar-refractivity contribution in [2.45, 2.75) is 11.4 Å². The van der Waals surface area contributed by atoms with Crippen molar-refractivity contribution in [3.63, 3.8) is 0 Å². The van der Waals surface area contributed by atoms with Crippen LogP contribution in [0, 0.1) is 5.82 Å². The van der Waals surface area contributed by atoms with Crippen molar-refractivity contribution < 1.29 is 17.5 Å². The van der Waals surface area contributed by atoms with Crippen LogP contribution in [-0.2, 0) is 16.6 Å². The first kappa shape index (κ1) is 15.2. The van der Waals surface area contributed by atoms with Crippen LogP contribution in [0.3, 0.4) is 0 Å². The van der Waals surface area contributed by atoms with Gasteiger partial charge in [-0.1, -0.05) is 0 Å². The SMILES string of the molecule is COc1ccc(NS(=O)(=O)c2ccc(F)c(CN)c2)cn1. The summed E-state index contributed by atoms with van der Waals surface area (Å²) in [5.41, 5.74) is 5.77. The lowest BCUT2D eigenvalue weighted by molar-refractivity contribution is 0.398. The van der Waals surface area contributed by atoms with E-state index in [1.807, 2.05) is 0 Å². The number of hydrogen-bond acceptors (Lipinski definition) is 5. The fraction of sp³-hybridized carbons (Fsp3) is 0.154. The lowest BCUT2D eigenvalue weighted by atomic mass is 10.2. The number of anilines is 1. The quantitative estimate of drug-likeness (QED) is 0.872. The van der Waals surface area contributed by atoms with Gasteiger partial charge in [-0.2, -0.15) is 0 Å². The summed E-state index contributed by atoms with van der Waals surface area (Å²) < 4.78 is 45.0. The molecule has 21 heavy (non-hydrogen) atoms. The Morgan fingerprint density at radius 1 is 1.33 bits per heavy atom. The van der Waals surface area contributed by atoms with Gasteiger partial charge in [-0.3, -0.25) is 4.72 Å². The molecule has 2 rings (SSSR count). The molecule has 0 fully saturated rings. The van der Waals surface area contributed by atoms with Crippen molar-refractivity contribution in [2.75, 3.05) is 11.8 Å². The number of ether oxygens (including phenoxy) is 1. The minimum absolute atomic E-state index is 0.0693. The van der Waals surface area contributed by atoms with Gasteiger partial charge in [0, 0.05) is 18.2 Å². The van der Waals surface area contributed by atoms with Crippen LogP contribution in [0.1, 0.15) is 5.56 Å². The lowest BCUT2D eigenvalue weighted by Gasteiger charge is -2.09. The molecule has 0 radical (unpaired) electrons. The molecule has 0 aliphatic heterocycles. The Morgan fingerprint density at radius 2 is 2.10 bits per heavy atom. The number of halogens is 1. The number of hydrogen-bond donors (Lipinski definition) is 2. The molecule has 0 aliphatic carbocycles. The number of nitrogens with zero attached hydrogens (tertiary/aromatic N) is 1. The summed E-state index contributed by atoms with van der Waals surface area (Å²) >= 11 is 0. The van der Waals surface area contributed by atoms with Gasteiger partial charge >= 0.3 is 0 Å². The molecule has 112 valence electrons. The molecule has 0 unspecified atom stereocenters. The minimum atomic E-state index is -3.84. The van der Waals surface area contributed by atoms with Gasteiger partial charge in [-0.25, -0.2) is 17.8 Å². The second kappa shape index (κ2) is 6.06. The highest BCUT2D eigenvalue weighted by atomic mass is 32.2. The van der Waals surface area contributed by atoms with Crippen molar-refractivity contribution >= 4 is 15.7 Å². The third kappa shape index (κ3) is 3.47. The van der Waals surface area contributed by atoms with Gasteiger partial charge < -0.3 is 10.5 Å². The van der Waals surface area contributed by atoms with Crippen LogP contribution < -0.4 is 15.2 Å². The number of rotatable bonds is 5. The van der Waals surface area contributed by atoms with Crippen LogP contribution in [0.5, 0.6) is 5.88 Å². The summed E-state index contributed by atoms with van der Waals surface area (Å²) in [6, 6.07) is 6.48. The second-order valence-corrected chi connectivity index (χ2v) is 5.83. The zero-order valence-corrected chi connectivity index (χ0v) is 12.0. The number of pyridine rings is 1. The standard InChI is InChI=1S/C13H14FN3O3S/c1-20-13-5-2-10(8-16-13)17-21(18,19)11-3-4-12(14)9(6-11)7-15/h2-6,8,17H,7,15H2,1H3. The molecule has 0 saturated heterocycles. The maximum absolute atomic E-state index is 13.3. The average molecular weight is 311 g/mol. The summed E-state index contributed by atoms with van der Waals surface area (Å²) in [7, 11) is -2.38. The largest absolute Gasteiger partial charge is 0.481 e. The molecular weight excluding hydrogens is 297 g/mol. The molecule has 1 heterocycles. The summed E-state index contributed by atoms with van der Waals surface area (Å²) in [6.07, 6.45) is 1.32. The minimum Gasteiger partial charge on any atom is -0.481 e. The van der Waals surface area contributed by atoms with E-state index in [0.29, 0.717) is 5.88 Å². The summed E-state index contributed by atoms with van der Waals surface area (Å²) in [5, 5.41) is 0. The van der Waals surface area contributed by atoms with Gasteiger partial charge in [0.2, 0.25) is 5.88 Å². The molecule has 0 bridgehead atoms. The van der Waals surface area contributed by atoms with E-state index in [1.165, 1.54) is 37.6 Å². The highest BCUT2D eigenvalue weighted by molar-refractivity contribution is 7.92. The molecule has 6 nitrogen and oxygen atoms in total. The summed E-state index contributed by atoms with van der Waals surface area (Å²) in [6.45, 7) is -0.0840. The van der Waals surface area contributed by atoms with Crippen LogP contribution in [-0.4, -0.2) is 20.5 Å². The molecule has 1 aromatic heterocycles. The Hall–Kier alpha value is -2.19. The van der Waals surface area contributed by atoms with Crippen LogP contribution in [0.4, 0.5) is 10.1 Å². The van der Waals surface area contributed by atoms with Crippen molar-refractivity contribution in [1.82, 2.24) is 4.98 Å². The van der Waals surface area contributed by atoms with Gasteiger partial charge in [0.05, 0.1) is 23.9 Å². The first-order valence-electron chi connectivity index (χ1n) is 5.97. The Kier molecular flexibility index (Phi) is 4.39. The summed E-state index contributed by atoms with van der Waals surface area (Å²) in [5.74, 6) is -0.173. The van der Waals surface area contributed by atoms with Crippen molar-refractivity contribution in [3.8, 4) is 5.88 Å². The first-order chi connectivity index (χ1) is 9.96. The fourth-order valence-electron chi connectivity index (χ4n) is 1.65. The highest BCUT2D eigenvalue weighted by Crippen LogP contribution is 2.19. The first-order valence-corrected chi connectivity index (χ1v) is 7.46. The van der Waals surface area contributed by atoms with E-state index < -0.39 is 15.8 Å². The fourth-order valence-corrected chi connectivity index (χ4v) is 2.74. The van der Waals surface area contributed by atoms with Gasteiger partial charge in [-0.05, 0) is 24.3 Å². The number of nitrogens with one attached hydrogen (secondary N) is 1. The normalized spacial score (nSPS) is 11.2. The van der Waals surface area contributed by atoms with Crippen molar-refractivity contribution in [2.24, 2.45) is 5.73 Å². The molecule has 8 heteroatoms. The molecular formula is C13H14FN3O3S. The smallest absolute Gasteiger partial charge is 0.261 e. The molecule has 1 aromatic carbocycles. The molecule has 2 aromatic rings. The predicted molar refractivity (Wildman–Crippen MR) is 75.9 cm³/mol. The van der Waals surface area contributed by atoms with Crippen molar-refractivity contribution in [3.05, 3.63) is 47.9 Å². The molecule has 0 saturated carbocycles. The number of benzene rings is 1. The van der Waals surface area contributed by atoms with Gasteiger partial charge in [0.15, 0.2) is 0 Å². The number of methoxy groups -OCH3 is 1. The van der Waals surface area contributed by atoms with E-state index in [4.69, 9.17) is 10.5 Å². The highest BCUT2D eigenvalue weighted by Gasteiger charge is 2.16. The van der Waals surface area contributed by atoms with Gasteiger partial charge in [0.1, 0.15) is 5.82 Å².